The first-order valence-electron chi connectivity index (χ1n) is 5.96. The van der Waals surface area contributed by atoms with Crippen LogP contribution in [0.1, 0.15) is 33.6 Å². The molecule has 2 heteroatoms. The number of thiol groups is 1. The summed E-state index contributed by atoms with van der Waals surface area (Å²) >= 11 is 4.28. The van der Waals surface area contributed by atoms with Crippen LogP contribution in [-0.2, 0) is 0 Å². The molecule has 0 aromatic rings. The SMILES string of the molecule is CC(CCS)CCN1CC(C)C(C)C1. The number of hydrogen-bond acceptors (Lipinski definition) is 2. The van der Waals surface area contributed by atoms with Gasteiger partial charge in [0.15, 0.2) is 0 Å². The van der Waals surface area contributed by atoms with Crippen LogP contribution >= 0.6 is 12.6 Å². The fourth-order valence-corrected chi connectivity index (χ4v) is 2.64. The normalized spacial score (nSPS) is 30.9. The molecule has 0 spiro atoms. The van der Waals surface area contributed by atoms with E-state index >= 15 is 0 Å². The van der Waals surface area contributed by atoms with E-state index < -0.39 is 0 Å². The third-order valence-corrected chi connectivity index (χ3v) is 3.88. The van der Waals surface area contributed by atoms with Gasteiger partial charge in [-0.25, -0.2) is 0 Å². The van der Waals surface area contributed by atoms with E-state index in [1.807, 2.05) is 0 Å². The molecule has 0 radical (unpaired) electrons. The largest absolute Gasteiger partial charge is 0.303 e. The summed E-state index contributed by atoms with van der Waals surface area (Å²) in [4.78, 5) is 2.63. The van der Waals surface area contributed by atoms with Crippen molar-refractivity contribution in [1.82, 2.24) is 4.90 Å². The molecule has 0 aromatic heterocycles. The van der Waals surface area contributed by atoms with Crippen LogP contribution in [0.5, 0.6) is 0 Å². The van der Waals surface area contributed by atoms with Crippen molar-refractivity contribution in [2.75, 3.05) is 25.4 Å². The summed E-state index contributed by atoms with van der Waals surface area (Å²) in [6, 6.07) is 0. The molecule has 1 aliphatic heterocycles. The molecule has 84 valence electrons. The zero-order chi connectivity index (χ0) is 10.6. The van der Waals surface area contributed by atoms with E-state index in [1.54, 1.807) is 0 Å². The molecule has 0 aromatic carbocycles. The Kier molecular flexibility index (Phi) is 5.32. The van der Waals surface area contributed by atoms with Gasteiger partial charge >= 0.3 is 0 Å². The number of rotatable bonds is 5. The minimum atomic E-state index is 0.846. The maximum absolute atomic E-state index is 4.28. The lowest BCUT2D eigenvalue weighted by Gasteiger charge is -2.18. The highest BCUT2D eigenvalue weighted by atomic mass is 32.1. The first-order valence-corrected chi connectivity index (χ1v) is 6.60. The first kappa shape index (κ1) is 12.4. The molecule has 3 unspecified atom stereocenters. The Balaban J connectivity index is 2.13. The van der Waals surface area contributed by atoms with Gasteiger partial charge < -0.3 is 4.90 Å². The van der Waals surface area contributed by atoms with Crippen LogP contribution < -0.4 is 0 Å². The highest BCUT2D eigenvalue weighted by Crippen LogP contribution is 2.22. The fraction of sp³-hybridized carbons (Fsp3) is 1.00. The van der Waals surface area contributed by atoms with Crippen molar-refractivity contribution in [2.24, 2.45) is 17.8 Å². The molecule has 1 rings (SSSR count). The summed E-state index contributed by atoms with van der Waals surface area (Å²) in [5.41, 5.74) is 0. The van der Waals surface area contributed by atoms with E-state index in [0.717, 1.165) is 23.5 Å². The van der Waals surface area contributed by atoms with Crippen molar-refractivity contribution in [3.05, 3.63) is 0 Å². The number of likely N-dealkylation sites (tertiary alicyclic amines) is 1. The molecule has 1 heterocycles. The van der Waals surface area contributed by atoms with Gasteiger partial charge in [0.1, 0.15) is 0 Å². The monoisotopic (exact) mass is 215 g/mol. The zero-order valence-electron chi connectivity index (χ0n) is 9.87. The summed E-state index contributed by atoms with van der Waals surface area (Å²) in [5, 5.41) is 0. The van der Waals surface area contributed by atoms with Gasteiger partial charge in [0.05, 0.1) is 0 Å². The molecule has 1 aliphatic rings. The van der Waals surface area contributed by atoms with Gasteiger partial charge in [-0.15, -0.1) is 0 Å². The molecule has 14 heavy (non-hydrogen) atoms. The van der Waals surface area contributed by atoms with Gasteiger partial charge in [0.25, 0.3) is 0 Å². The average molecular weight is 215 g/mol. The summed E-state index contributed by atoms with van der Waals surface area (Å²) in [6.45, 7) is 11.0. The second-order valence-corrected chi connectivity index (χ2v) is 5.57. The third kappa shape index (κ3) is 3.82. The van der Waals surface area contributed by atoms with Crippen LogP contribution in [0.15, 0.2) is 0 Å². The van der Waals surface area contributed by atoms with Crippen molar-refractivity contribution in [3.8, 4) is 0 Å². The second kappa shape index (κ2) is 6.02. The van der Waals surface area contributed by atoms with Crippen molar-refractivity contribution in [3.63, 3.8) is 0 Å². The molecule has 0 bridgehead atoms. The molecule has 1 nitrogen and oxygen atoms in total. The Morgan fingerprint density at radius 3 is 2.29 bits per heavy atom. The van der Waals surface area contributed by atoms with Crippen LogP contribution in [0.4, 0.5) is 0 Å². The van der Waals surface area contributed by atoms with Gasteiger partial charge in [-0.3, -0.25) is 0 Å². The van der Waals surface area contributed by atoms with Crippen LogP contribution in [-0.4, -0.2) is 30.3 Å². The molecule has 0 aliphatic carbocycles. The molecule has 1 saturated heterocycles. The van der Waals surface area contributed by atoms with Crippen molar-refractivity contribution in [1.29, 1.82) is 0 Å². The van der Waals surface area contributed by atoms with E-state index in [-0.39, 0.29) is 0 Å². The highest BCUT2D eigenvalue weighted by molar-refractivity contribution is 7.80. The van der Waals surface area contributed by atoms with Crippen molar-refractivity contribution >= 4 is 12.6 Å². The van der Waals surface area contributed by atoms with Gasteiger partial charge in [0.2, 0.25) is 0 Å². The van der Waals surface area contributed by atoms with Crippen LogP contribution in [0.2, 0.25) is 0 Å². The quantitative estimate of drug-likeness (QED) is 0.690. The Morgan fingerprint density at radius 2 is 1.79 bits per heavy atom. The summed E-state index contributed by atoms with van der Waals surface area (Å²) in [6.07, 6.45) is 2.61. The molecular formula is C12H25NS. The van der Waals surface area contributed by atoms with E-state index in [0.29, 0.717) is 0 Å². The van der Waals surface area contributed by atoms with E-state index in [4.69, 9.17) is 0 Å². The molecular weight excluding hydrogens is 190 g/mol. The smallest absolute Gasteiger partial charge is 0.00102 e. The van der Waals surface area contributed by atoms with Crippen LogP contribution in [0, 0.1) is 17.8 Å². The molecule has 3 atom stereocenters. The average Bonchev–Trinajstić information content (AvgIpc) is 2.44. The Labute approximate surface area is 94.7 Å². The third-order valence-electron chi connectivity index (χ3n) is 3.62. The summed E-state index contributed by atoms with van der Waals surface area (Å²) < 4.78 is 0. The summed E-state index contributed by atoms with van der Waals surface area (Å²) in [5.74, 6) is 3.68. The van der Waals surface area contributed by atoms with Crippen molar-refractivity contribution < 1.29 is 0 Å². The van der Waals surface area contributed by atoms with Crippen LogP contribution in [0.25, 0.3) is 0 Å². The Hall–Kier alpha value is 0.310. The van der Waals surface area contributed by atoms with E-state index in [2.05, 4.69) is 38.3 Å². The lowest BCUT2D eigenvalue weighted by atomic mass is 10.0. The number of hydrogen-bond donors (Lipinski definition) is 1. The Morgan fingerprint density at radius 1 is 1.21 bits per heavy atom. The molecule has 0 N–H and O–H groups in total. The lowest BCUT2D eigenvalue weighted by Crippen LogP contribution is -2.23. The maximum Gasteiger partial charge on any atom is 0.00102 e. The summed E-state index contributed by atoms with van der Waals surface area (Å²) in [7, 11) is 0. The van der Waals surface area contributed by atoms with Gasteiger partial charge in [-0.1, -0.05) is 20.8 Å². The van der Waals surface area contributed by atoms with E-state index in [9.17, 15) is 0 Å². The predicted octanol–water partition coefficient (Wildman–Crippen LogP) is 2.92. The first-order chi connectivity index (χ1) is 6.63. The number of nitrogens with zero attached hydrogens (tertiary/aromatic N) is 1. The zero-order valence-corrected chi connectivity index (χ0v) is 10.8. The van der Waals surface area contributed by atoms with Crippen LogP contribution in [0.3, 0.4) is 0 Å². The molecule has 0 amide bonds. The standard InChI is InChI=1S/C12H25NS/c1-10(5-7-14)4-6-13-8-11(2)12(3)9-13/h10-12,14H,4-9H2,1-3H3. The fourth-order valence-electron chi connectivity index (χ4n) is 2.20. The maximum atomic E-state index is 4.28. The topological polar surface area (TPSA) is 3.24 Å². The minimum absolute atomic E-state index is 0.846. The second-order valence-electron chi connectivity index (χ2n) is 5.12. The van der Waals surface area contributed by atoms with Gasteiger partial charge in [-0.2, -0.15) is 12.6 Å². The molecule has 0 saturated carbocycles. The predicted molar refractivity (Wildman–Crippen MR) is 67.0 cm³/mol. The highest BCUT2D eigenvalue weighted by Gasteiger charge is 2.25. The minimum Gasteiger partial charge on any atom is -0.303 e. The van der Waals surface area contributed by atoms with Gasteiger partial charge in [-0.05, 0) is 42.9 Å². The van der Waals surface area contributed by atoms with Crippen molar-refractivity contribution in [2.45, 2.75) is 33.6 Å². The Bertz CT molecular complexity index is 150. The van der Waals surface area contributed by atoms with Gasteiger partial charge in [0, 0.05) is 13.1 Å². The molecule has 1 fully saturated rings. The lowest BCUT2D eigenvalue weighted by molar-refractivity contribution is 0.294. The van der Waals surface area contributed by atoms with E-state index in [1.165, 1.54) is 32.5 Å².